The van der Waals surface area contributed by atoms with Gasteiger partial charge in [0.25, 0.3) is 0 Å². The molecule has 0 saturated carbocycles. The van der Waals surface area contributed by atoms with Crippen molar-refractivity contribution in [3.05, 3.63) is 35.4 Å². The third-order valence-electron chi connectivity index (χ3n) is 3.41. The van der Waals surface area contributed by atoms with E-state index in [0.29, 0.717) is 13.0 Å². The van der Waals surface area contributed by atoms with Crippen molar-refractivity contribution in [1.82, 2.24) is 10.6 Å². The lowest BCUT2D eigenvalue weighted by Crippen LogP contribution is -2.49. The standard InChI is InChI=1S/C15H19N3O/c1-15(2,9-16)10-18-14(19)13-7-11-5-3-4-6-12(11)8-17-13/h3-6,13,17H,7-8,10H2,1-2H3,(H,18,19). The van der Waals surface area contributed by atoms with E-state index in [-0.39, 0.29) is 11.9 Å². The van der Waals surface area contributed by atoms with E-state index in [9.17, 15) is 4.79 Å². The molecule has 1 aliphatic heterocycles. The minimum absolute atomic E-state index is 0.0298. The molecule has 2 N–H and O–H groups in total. The molecule has 0 aliphatic carbocycles. The van der Waals surface area contributed by atoms with Crippen molar-refractivity contribution in [1.29, 1.82) is 5.26 Å². The molecule has 0 radical (unpaired) electrons. The fraction of sp³-hybridized carbons (Fsp3) is 0.467. The van der Waals surface area contributed by atoms with Crippen LogP contribution in [0.5, 0.6) is 0 Å². The first-order valence-corrected chi connectivity index (χ1v) is 6.51. The number of benzene rings is 1. The highest BCUT2D eigenvalue weighted by Gasteiger charge is 2.25. The van der Waals surface area contributed by atoms with Crippen molar-refractivity contribution in [2.45, 2.75) is 32.9 Å². The summed E-state index contributed by atoms with van der Waals surface area (Å²) < 4.78 is 0. The molecule has 100 valence electrons. The van der Waals surface area contributed by atoms with Gasteiger partial charge in [-0.05, 0) is 31.4 Å². The second kappa shape index (κ2) is 5.41. The maximum absolute atomic E-state index is 12.1. The van der Waals surface area contributed by atoms with Crippen LogP contribution in [0.1, 0.15) is 25.0 Å². The van der Waals surface area contributed by atoms with E-state index in [2.05, 4.69) is 28.8 Å². The monoisotopic (exact) mass is 257 g/mol. The van der Waals surface area contributed by atoms with Gasteiger partial charge in [-0.25, -0.2) is 0 Å². The largest absolute Gasteiger partial charge is 0.353 e. The molecular formula is C15H19N3O. The van der Waals surface area contributed by atoms with Crippen molar-refractivity contribution < 1.29 is 4.79 Å². The van der Waals surface area contributed by atoms with Crippen LogP contribution in [-0.2, 0) is 17.8 Å². The molecule has 0 spiro atoms. The van der Waals surface area contributed by atoms with Crippen LogP contribution in [0, 0.1) is 16.7 Å². The zero-order valence-corrected chi connectivity index (χ0v) is 11.4. The third kappa shape index (κ3) is 3.33. The number of carbonyl (C=O) groups is 1. The van der Waals surface area contributed by atoms with Gasteiger partial charge >= 0.3 is 0 Å². The van der Waals surface area contributed by atoms with Crippen LogP contribution >= 0.6 is 0 Å². The number of nitriles is 1. The van der Waals surface area contributed by atoms with Crippen LogP contribution in [0.25, 0.3) is 0 Å². The van der Waals surface area contributed by atoms with Crippen LogP contribution in [0.15, 0.2) is 24.3 Å². The lowest BCUT2D eigenvalue weighted by Gasteiger charge is -2.26. The van der Waals surface area contributed by atoms with Gasteiger partial charge in [0, 0.05) is 13.1 Å². The Labute approximate surface area is 113 Å². The molecule has 1 aliphatic rings. The highest BCUT2D eigenvalue weighted by molar-refractivity contribution is 5.82. The Morgan fingerprint density at radius 1 is 1.47 bits per heavy atom. The first kappa shape index (κ1) is 13.6. The zero-order valence-electron chi connectivity index (χ0n) is 11.4. The van der Waals surface area contributed by atoms with Gasteiger partial charge in [-0.2, -0.15) is 5.26 Å². The Morgan fingerprint density at radius 3 is 2.84 bits per heavy atom. The first-order valence-electron chi connectivity index (χ1n) is 6.51. The Balaban J connectivity index is 1.94. The highest BCUT2D eigenvalue weighted by Crippen LogP contribution is 2.16. The van der Waals surface area contributed by atoms with Crippen LogP contribution in [-0.4, -0.2) is 18.5 Å². The summed E-state index contributed by atoms with van der Waals surface area (Å²) in [4.78, 5) is 12.1. The molecule has 19 heavy (non-hydrogen) atoms. The van der Waals surface area contributed by atoms with E-state index in [4.69, 9.17) is 5.26 Å². The SMILES string of the molecule is CC(C)(C#N)CNC(=O)C1Cc2ccccc2CN1. The first-order chi connectivity index (χ1) is 9.02. The summed E-state index contributed by atoms with van der Waals surface area (Å²) in [6, 6.07) is 10.1. The number of nitrogens with zero attached hydrogens (tertiary/aromatic N) is 1. The van der Waals surface area contributed by atoms with Crippen LogP contribution in [0.4, 0.5) is 0 Å². The van der Waals surface area contributed by atoms with Crippen LogP contribution in [0.2, 0.25) is 0 Å². The quantitative estimate of drug-likeness (QED) is 0.859. The van der Waals surface area contributed by atoms with Crippen molar-refractivity contribution >= 4 is 5.91 Å². The van der Waals surface area contributed by atoms with E-state index in [1.54, 1.807) is 0 Å². The maximum Gasteiger partial charge on any atom is 0.237 e. The number of nitrogens with one attached hydrogen (secondary N) is 2. The smallest absolute Gasteiger partial charge is 0.237 e. The molecule has 4 heteroatoms. The molecule has 1 amide bonds. The third-order valence-corrected chi connectivity index (χ3v) is 3.41. The average Bonchev–Trinajstić information content (AvgIpc) is 2.44. The number of hydrogen-bond acceptors (Lipinski definition) is 3. The van der Waals surface area contributed by atoms with Crippen LogP contribution < -0.4 is 10.6 Å². The fourth-order valence-corrected chi connectivity index (χ4v) is 2.11. The van der Waals surface area contributed by atoms with Gasteiger partial charge in [-0.1, -0.05) is 24.3 Å². The minimum atomic E-state index is -0.526. The van der Waals surface area contributed by atoms with E-state index in [1.807, 2.05) is 26.0 Å². The molecule has 1 heterocycles. The second-order valence-electron chi connectivity index (χ2n) is 5.62. The van der Waals surface area contributed by atoms with Gasteiger partial charge in [0.1, 0.15) is 0 Å². The van der Waals surface area contributed by atoms with E-state index >= 15 is 0 Å². The number of carbonyl (C=O) groups excluding carboxylic acids is 1. The number of hydrogen-bond donors (Lipinski definition) is 2. The Morgan fingerprint density at radius 2 is 2.16 bits per heavy atom. The predicted octanol–water partition coefficient (Wildman–Crippen LogP) is 1.37. The lowest BCUT2D eigenvalue weighted by atomic mass is 9.94. The van der Waals surface area contributed by atoms with Crippen molar-refractivity contribution in [3.63, 3.8) is 0 Å². The Kier molecular flexibility index (Phi) is 3.87. The van der Waals surface area contributed by atoms with E-state index < -0.39 is 5.41 Å². The topological polar surface area (TPSA) is 64.9 Å². The van der Waals surface area contributed by atoms with Crippen LogP contribution in [0.3, 0.4) is 0 Å². The molecule has 0 fully saturated rings. The molecule has 1 unspecified atom stereocenters. The summed E-state index contributed by atoms with van der Waals surface area (Å²) in [6.07, 6.45) is 0.703. The molecule has 0 aromatic heterocycles. The molecule has 1 aromatic rings. The summed E-state index contributed by atoms with van der Waals surface area (Å²) in [5, 5.41) is 15.0. The average molecular weight is 257 g/mol. The van der Waals surface area contributed by atoms with Gasteiger partial charge in [0.2, 0.25) is 5.91 Å². The predicted molar refractivity (Wildman–Crippen MR) is 73.2 cm³/mol. The van der Waals surface area contributed by atoms with Crippen molar-refractivity contribution in [2.75, 3.05) is 6.54 Å². The summed E-state index contributed by atoms with van der Waals surface area (Å²) >= 11 is 0. The second-order valence-corrected chi connectivity index (χ2v) is 5.62. The number of amides is 1. The van der Waals surface area contributed by atoms with Crippen molar-refractivity contribution in [3.8, 4) is 6.07 Å². The summed E-state index contributed by atoms with van der Waals surface area (Å²) in [7, 11) is 0. The highest BCUT2D eigenvalue weighted by atomic mass is 16.2. The van der Waals surface area contributed by atoms with E-state index in [1.165, 1.54) is 11.1 Å². The molecule has 2 rings (SSSR count). The molecule has 1 aromatic carbocycles. The van der Waals surface area contributed by atoms with Gasteiger partial charge in [-0.15, -0.1) is 0 Å². The summed E-state index contributed by atoms with van der Waals surface area (Å²) in [5.41, 5.74) is 1.95. The van der Waals surface area contributed by atoms with Gasteiger partial charge in [0.15, 0.2) is 0 Å². The maximum atomic E-state index is 12.1. The number of rotatable bonds is 3. The van der Waals surface area contributed by atoms with E-state index in [0.717, 1.165) is 6.54 Å². The molecule has 1 atom stereocenters. The molecular weight excluding hydrogens is 238 g/mol. The Bertz CT molecular complexity index is 516. The Hall–Kier alpha value is -1.86. The molecule has 0 saturated heterocycles. The fourth-order valence-electron chi connectivity index (χ4n) is 2.11. The molecule has 4 nitrogen and oxygen atoms in total. The van der Waals surface area contributed by atoms with Gasteiger partial charge < -0.3 is 10.6 Å². The minimum Gasteiger partial charge on any atom is -0.353 e. The summed E-state index contributed by atoms with van der Waals surface area (Å²) in [5.74, 6) is -0.0298. The molecule has 0 bridgehead atoms. The zero-order chi connectivity index (χ0) is 13.9. The van der Waals surface area contributed by atoms with Crippen molar-refractivity contribution in [2.24, 2.45) is 5.41 Å². The summed E-state index contributed by atoms with van der Waals surface area (Å²) in [6.45, 7) is 4.73. The lowest BCUT2D eigenvalue weighted by molar-refractivity contribution is -0.123. The van der Waals surface area contributed by atoms with Gasteiger partial charge in [-0.3, -0.25) is 4.79 Å². The number of fused-ring (bicyclic) bond motifs is 1. The normalized spacial score (nSPS) is 18.3. The van der Waals surface area contributed by atoms with Gasteiger partial charge in [0.05, 0.1) is 17.5 Å².